The van der Waals surface area contributed by atoms with Crippen molar-refractivity contribution in [3.63, 3.8) is 0 Å². The number of nitrogens with zero attached hydrogens (tertiary/aromatic N) is 6. The topological polar surface area (TPSA) is 96.2 Å². The summed E-state index contributed by atoms with van der Waals surface area (Å²) in [6.07, 6.45) is 3.35. The monoisotopic (exact) mass is 391 g/mol. The molecule has 1 fully saturated rings. The van der Waals surface area contributed by atoms with E-state index in [0.29, 0.717) is 37.8 Å². The highest BCUT2D eigenvalue weighted by Crippen LogP contribution is 2.17. The van der Waals surface area contributed by atoms with Gasteiger partial charge in [-0.1, -0.05) is 6.07 Å². The first-order valence-electron chi connectivity index (χ1n) is 9.33. The van der Waals surface area contributed by atoms with Gasteiger partial charge in [0.2, 0.25) is 0 Å². The van der Waals surface area contributed by atoms with Crippen LogP contribution in [0.4, 0.5) is 17.5 Å². The van der Waals surface area contributed by atoms with Crippen molar-refractivity contribution in [3.8, 4) is 0 Å². The van der Waals surface area contributed by atoms with Crippen molar-refractivity contribution in [1.82, 2.24) is 24.6 Å². The number of hydrogen-bond acceptors (Lipinski definition) is 7. The van der Waals surface area contributed by atoms with Crippen LogP contribution in [0.2, 0.25) is 0 Å². The molecule has 4 rings (SSSR count). The molecule has 148 valence electrons. The molecule has 4 heterocycles. The Bertz CT molecular complexity index is 1040. The lowest BCUT2D eigenvalue weighted by molar-refractivity contribution is 0.0744. The van der Waals surface area contributed by atoms with Gasteiger partial charge in [-0.3, -0.25) is 9.59 Å². The van der Waals surface area contributed by atoms with Crippen LogP contribution in [0.5, 0.6) is 0 Å². The molecule has 0 bridgehead atoms. The summed E-state index contributed by atoms with van der Waals surface area (Å²) >= 11 is 0. The molecule has 1 aliphatic rings. The van der Waals surface area contributed by atoms with Gasteiger partial charge in [0.1, 0.15) is 11.4 Å². The van der Waals surface area contributed by atoms with Gasteiger partial charge in [-0.15, -0.1) is 10.2 Å². The second kappa shape index (κ2) is 8.09. The quantitative estimate of drug-likeness (QED) is 0.716. The number of aryl methyl sites for hydroxylation is 1. The van der Waals surface area contributed by atoms with Gasteiger partial charge in [0.15, 0.2) is 11.6 Å². The highest BCUT2D eigenvalue weighted by molar-refractivity contribution is 5.94. The Morgan fingerprint density at radius 1 is 0.966 bits per heavy atom. The Hall–Kier alpha value is -3.75. The zero-order chi connectivity index (χ0) is 20.2. The van der Waals surface area contributed by atoms with Crippen LogP contribution in [0.25, 0.3) is 0 Å². The number of aromatic nitrogens is 4. The Balaban J connectivity index is 1.37. The molecular formula is C20H21N7O2. The lowest BCUT2D eigenvalue weighted by atomic mass is 10.2. The maximum absolute atomic E-state index is 12.7. The number of amides is 1. The third-order valence-electron chi connectivity index (χ3n) is 4.82. The Morgan fingerprint density at radius 3 is 2.48 bits per heavy atom. The SMILES string of the molecule is Cn1cccc(C(=O)N2CCN(c3ccc(Nc4ccccn4)nn3)CC2)c1=O. The summed E-state index contributed by atoms with van der Waals surface area (Å²) in [6.45, 7) is 2.29. The fourth-order valence-corrected chi connectivity index (χ4v) is 3.20. The number of nitrogens with one attached hydrogen (secondary N) is 1. The van der Waals surface area contributed by atoms with Crippen molar-refractivity contribution in [1.29, 1.82) is 0 Å². The zero-order valence-corrected chi connectivity index (χ0v) is 16.0. The van der Waals surface area contributed by atoms with E-state index < -0.39 is 0 Å². The van der Waals surface area contributed by atoms with Gasteiger partial charge < -0.3 is 19.7 Å². The van der Waals surface area contributed by atoms with E-state index >= 15 is 0 Å². The molecule has 0 saturated carbocycles. The van der Waals surface area contributed by atoms with Crippen LogP contribution in [0.15, 0.2) is 59.7 Å². The second-order valence-corrected chi connectivity index (χ2v) is 6.73. The molecule has 29 heavy (non-hydrogen) atoms. The summed E-state index contributed by atoms with van der Waals surface area (Å²) in [5.74, 6) is 1.83. The first kappa shape index (κ1) is 18.6. The molecule has 3 aromatic heterocycles. The summed E-state index contributed by atoms with van der Waals surface area (Å²) in [6, 6.07) is 12.6. The smallest absolute Gasteiger partial charge is 0.263 e. The van der Waals surface area contributed by atoms with Crippen molar-refractivity contribution in [2.45, 2.75) is 0 Å². The Labute approximate surface area is 167 Å². The molecule has 0 aromatic carbocycles. The lowest BCUT2D eigenvalue weighted by Gasteiger charge is -2.35. The first-order valence-corrected chi connectivity index (χ1v) is 9.33. The minimum absolute atomic E-state index is 0.202. The van der Waals surface area contributed by atoms with Gasteiger partial charge in [0.05, 0.1) is 0 Å². The molecule has 1 N–H and O–H groups in total. The van der Waals surface area contributed by atoms with Gasteiger partial charge in [0.25, 0.3) is 11.5 Å². The molecule has 0 spiro atoms. The van der Waals surface area contributed by atoms with E-state index in [-0.39, 0.29) is 17.0 Å². The molecule has 1 aliphatic heterocycles. The molecule has 1 amide bonds. The molecule has 0 unspecified atom stereocenters. The third kappa shape index (κ3) is 4.08. The molecular weight excluding hydrogens is 370 g/mol. The highest BCUT2D eigenvalue weighted by atomic mass is 16.2. The fourth-order valence-electron chi connectivity index (χ4n) is 3.20. The number of rotatable bonds is 4. The number of carbonyl (C=O) groups is 1. The van der Waals surface area contributed by atoms with Crippen molar-refractivity contribution in [2.24, 2.45) is 7.05 Å². The predicted molar refractivity (Wildman–Crippen MR) is 109 cm³/mol. The van der Waals surface area contributed by atoms with Crippen molar-refractivity contribution in [2.75, 3.05) is 36.4 Å². The second-order valence-electron chi connectivity index (χ2n) is 6.73. The highest BCUT2D eigenvalue weighted by Gasteiger charge is 2.24. The van der Waals surface area contributed by atoms with Crippen LogP contribution in [0.3, 0.4) is 0 Å². The molecule has 0 radical (unpaired) electrons. The number of pyridine rings is 2. The maximum atomic E-state index is 12.7. The van der Waals surface area contributed by atoms with Crippen molar-refractivity contribution < 1.29 is 4.79 Å². The van der Waals surface area contributed by atoms with Crippen LogP contribution < -0.4 is 15.8 Å². The number of piperazine rings is 1. The predicted octanol–water partition coefficient (Wildman–Crippen LogP) is 1.28. The minimum atomic E-state index is -0.276. The Morgan fingerprint density at radius 2 is 1.79 bits per heavy atom. The van der Waals surface area contributed by atoms with E-state index in [2.05, 4.69) is 25.4 Å². The standard InChI is InChI=1S/C20H21N7O2/c1-25-10-4-5-15(19(25)28)20(29)27-13-11-26(12-14-27)18-8-7-17(23-24-18)22-16-6-2-3-9-21-16/h2-10H,11-14H2,1H3,(H,21,22,23). The van der Waals surface area contributed by atoms with Crippen LogP contribution >= 0.6 is 0 Å². The number of hydrogen-bond donors (Lipinski definition) is 1. The van der Waals surface area contributed by atoms with E-state index in [0.717, 1.165) is 5.82 Å². The minimum Gasteiger partial charge on any atom is -0.352 e. The normalized spacial score (nSPS) is 14.0. The fraction of sp³-hybridized carbons (Fsp3) is 0.250. The van der Waals surface area contributed by atoms with Gasteiger partial charge in [-0.25, -0.2) is 4.98 Å². The lowest BCUT2D eigenvalue weighted by Crippen LogP contribution is -2.50. The Kier molecular flexibility index (Phi) is 5.19. The summed E-state index contributed by atoms with van der Waals surface area (Å²) in [7, 11) is 1.64. The van der Waals surface area contributed by atoms with Crippen molar-refractivity contribution >= 4 is 23.4 Å². The molecule has 9 heteroatoms. The molecule has 1 saturated heterocycles. The van der Waals surface area contributed by atoms with Gasteiger partial charge in [0, 0.05) is 45.6 Å². The van der Waals surface area contributed by atoms with E-state index in [1.54, 1.807) is 36.5 Å². The van der Waals surface area contributed by atoms with Gasteiger partial charge in [-0.2, -0.15) is 0 Å². The first-order chi connectivity index (χ1) is 14.1. The zero-order valence-electron chi connectivity index (χ0n) is 16.0. The summed E-state index contributed by atoms with van der Waals surface area (Å²) < 4.78 is 1.42. The van der Waals surface area contributed by atoms with Crippen molar-refractivity contribution in [3.05, 3.63) is 70.8 Å². The van der Waals surface area contributed by atoms with E-state index in [4.69, 9.17) is 0 Å². The summed E-state index contributed by atoms with van der Waals surface area (Å²) in [5, 5.41) is 11.6. The average molecular weight is 391 g/mol. The number of carbonyl (C=O) groups excluding carboxylic acids is 1. The molecule has 0 atom stereocenters. The third-order valence-corrected chi connectivity index (χ3v) is 4.82. The maximum Gasteiger partial charge on any atom is 0.263 e. The van der Waals surface area contributed by atoms with E-state index in [9.17, 15) is 9.59 Å². The summed E-state index contributed by atoms with van der Waals surface area (Å²) in [4.78, 5) is 32.8. The van der Waals surface area contributed by atoms with Gasteiger partial charge in [-0.05, 0) is 36.4 Å². The molecule has 3 aromatic rings. The molecule has 0 aliphatic carbocycles. The largest absolute Gasteiger partial charge is 0.352 e. The average Bonchev–Trinajstić information content (AvgIpc) is 2.77. The van der Waals surface area contributed by atoms with Crippen LogP contribution in [-0.4, -0.2) is 56.7 Å². The summed E-state index contributed by atoms with van der Waals surface area (Å²) in [5.41, 5.74) is -0.0741. The number of anilines is 3. The van der Waals surface area contributed by atoms with Gasteiger partial charge >= 0.3 is 0 Å². The van der Waals surface area contributed by atoms with E-state index in [1.165, 1.54) is 4.57 Å². The van der Waals surface area contributed by atoms with Crippen LogP contribution in [-0.2, 0) is 7.05 Å². The molecule has 9 nitrogen and oxygen atoms in total. The van der Waals surface area contributed by atoms with E-state index in [1.807, 2.05) is 30.3 Å². The van der Waals surface area contributed by atoms with Crippen LogP contribution in [0, 0.1) is 0 Å². The van der Waals surface area contributed by atoms with Crippen LogP contribution in [0.1, 0.15) is 10.4 Å².